The van der Waals surface area contributed by atoms with Crippen molar-refractivity contribution in [3.8, 4) is 5.75 Å². The SMILES string of the molecule is COc1ccccc1Nc1nc(C)c(C(=O)NCc2cccc3ccccc23)s1. The number of carbonyl (C=O) groups excluding carboxylic acids is 1. The molecule has 4 rings (SSSR count). The molecular weight excluding hydrogens is 382 g/mol. The molecule has 0 fully saturated rings. The molecule has 0 atom stereocenters. The normalized spacial score (nSPS) is 10.7. The van der Waals surface area contributed by atoms with E-state index in [9.17, 15) is 4.79 Å². The second-order valence-corrected chi connectivity index (χ2v) is 7.58. The number of amides is 1. The van der Waals surface area contributed by atoms with E-state index in [4.69, 9.17) is 4.74 Å². The highest BCUT2D eigenvalue weighted by Crippen LogP contribution is 2.30. The molecule has 3 aromatic carbocycles. The van der Waals surface area contributed by atoms with Gasteiger partial charge in [-0.05, 0) is 35.4 Å². The molecule has 0 aliphatic rings. The summed E-state index contributed by atoms with van der Waals surface area (Å²) >= 11 is 1.33. The molecule has 0 aliphatic heterocycles. The van der Waals surface area contributed by atoms with Gasteiger partial charge in [0.25, 0.3) is 5.91 Å². The van der Waals surface area contributed by atoms with Gasteiger partial charge in [-0.25, -0.2) is 4.98 Å². The second kappa shape index (κ2) is 8.32. The number of carbonyl (C=O) groups is 1. The number of hydrogen-bond acceptors (Lipinski definition) is 5. The van der Waals surface area contributed by atoms with Crippen LogP contribution in [-0.4, -0.2) is 18.0 Å². The Morgan fingerprint density at radius 3 is 2.66 bits per heavy atom. The van der Waals surface area contributed by atoms with Gasteiger partial charge in [-0.15, -0.1) is 0 Å². The third kappa shape index (κ3) is 4.07. The van der Waals surface area contributed by atoms with Gasteiger partial charge in [0.1, 0.15) is 10.6 Å². The van der Waals surface area contributed by atoms with Gasteiger partial charge in [0.2, 0.25) is 0 Å². The Bertz CT molecular complexity index is 1160. The van der Waals surface area contributed by atoms with Gasteiger partial charge in [-0.1, -0.05) is 65.9 Å². The monoisotopic (exact) mass is 403 g/mol. The van der Waals surface area contributed by atoms with E-state index >= 15 is 0 Å². The first-order valence-electron chi connectivity index (χ1n) is 9.28. The number of thiazole rings is 1. The Hall–Kier alpha value is -3.38. The van der Waals surface area contributed by atoms with Crippen molar-refractivity contribution in [2.45, 2.75) is 13.5 Å². The highest BCUT2D eigenvalue weighted by Gasteiger charge is 2.16. The highest BCUT2D eigenvalue weighted by atomic mass is 32.1. The Morgan fingerprint density at radius 1 is 1.03 bits per heavy atom. The van der Waals surface area contributed by atoms with E-state index in [-0.39, 0.29) is 5.91 Å². The minimum atomic E-state index is -0.124. The zero-order valence-corrected chi connectivity index (χ0v) is 17.0. The van der Waals surface area contributed by atoms with Crippen molar-refractivity contribution in [1.82, 2.24) is 10.3 Å². The number of methoxy groups -OCH3 is 1. The summed E-state index contributed by atoms with van der Waals surface area (Å²) in [7, 11) is 1.62. The number of benzene rings is 3. The second-order valence-electron chi connectivity index (χ2n) is 6.58. The van der Waals surface area contributed by atoms with Crippen molar-refractivity contribution >= 4 is 38.8 Å². The lowest BCUT2D eigenvalue weighted by atomic mass is 10.0. The molecule has 1 heterocycles. The molecule has 0 saturated heterocycles. The van der Waals surface area contributed by atoms with Crippen LogP contribution in [0.25, 0.3) is 10.8 Å². The summed E-state index contributed by atoms with van der Waals surface area (Å²) in [5.74, 6) is 0.600. The molecule has 146 valence electrons. The van der Waals surface area contributed by atoms with Crippen LogP contribution >= 0.6 is 11.3 Å². The van der Waals surface area contributed by atoms with Crippen LogP contribution in [0.3, 0.4) is 0 Å². The Balaban J connectivity index is 1.49. The lowest BCUT2D eigenvalue weighted by Crippen LogP contribution is -2.22. The van der Waals surface area contributed by atoms with Crippen molar-refractivity contribution in [1.29, 1.82) is 0 Å². The largest absolute Gasteiger partial charge is 0.495 e. The zero-order chi connectivity index (χ0) is 20.2. The standard InChI is InChI=1S/C23H21N3O2S/c1-15-21(29-23(25-15)26-19-12-5-6-13-20(19)28-2)22(27)24-14-17-10-7-9-16-8-3-4-11-18(16)17/h3-13H,14H2,1-2H3,(H,24,27)(H,25,26). The summed E-state index contributed by atoms with van der Waals surface area (Å²) in [6.07, 6.45) is 0. The van der Waals surface area contributed by atoms with Gasteiger partial charge >= 0.3 is 0 Å². The number of nitrogens with zero attached hydrogens (tertiary/aromatic N) is 1. The van der Waals surface area contributed by atoms with E-state index in [0.29, 0.717) is 22.2 Å². The average Bonchev–Trinajstić information content (AvgIpc) is 3.12. The van der Waals surface area contributed by atoms with Crippen molar-refractivity contribution in [2.24, 2.45) is 0 Å². The molecule has 2 N–H and O–H groups in total. The van der Waals surface area contributed by atoms with Crippen LogP contribution in [0.2, 0.25) is 0 Å². The molecule has 29 heavy (non-hydrogen) atoms. The summed E-state index contributed by atoms with van der Waals surface area (Å²) in [5.41, 5.74) is 2.60. The third-order valence-electron chi connectivity index (χ3n) is 4.67. The van der Waals surface area contributed by atoms with Gasteiger partial charge in [-0.3, -0.25) is 4.79 Å². The maximum Gasteiger partial charge on any atom is 0.263 e. The van der Waals surface area contributed by atoms with E-state index in [0.717, 1.165) is 27.8 Å². The first-order chi connectivity index (χ1) is 14.2. The summed E-state index contributed by atoms with van der Waals surface area (Å²) in [5, 5.41) is 9.23. The van der Waals surface area contributed by atoms with Crippen molar-refractivity contribution in [3.63, 3.8) is 0 Å². The summed E-state index contributed by atoms with van der Waals surface area (Å²) in [6.45, 7) is 2.31. The van der Waals surface area contributed by atoms with E-state index in [1.165, 1.54) is 11.3 Å². The first kappa shape index (κ1) is 19.0. The average molecular weight is 404 g/mol. The number of aromatic nitrogens is 1. The molecular formula is C23H21N3O2S. The van der Waals surface area contributed by atoms with Gasteiger partial charge in [-0.2, -0.15) is 0 Å². The molecule has 4 aromatic rings. The predicted octanol–water partition coefficient (Wildman–Crippen LogP) is 5.29. The van der Waals surface area contributed by atoms with Gasteiger partial charge in [0.15, 0.2) is 5.13 Å². The quantitative estimate of drug-likeness (QED) is 0.459. The highest BCUT2D eigenvalue weighted by molar-refractivity contribution is 7.17. The van der Waals surface area contributed by atoms with Gasteiger partial charge in [0.05, 0.1) is 18.5 Å². The number of rotatable bonds is 6. The fraction of sp³-hybridized carbons (Fsp3) is 0.130. The minimum Gasteiger partial charge on any atom is -0.495 e. The molecule has 0 radical (unpaired) electrons. The molecule has 1 aromatic heterocycles. The molecule has 0 saturated carbocycles. The fourth-order valence-corrected chi connectivity index (χ4v) is 4.12. The summed E-state index contributed by atoms with van der Waals surface area (Å²) in [4.78, 5) is 17.9. The maximum absolute atomic E-state index is 12.8. The van der Waals surface area contributed by atoms with Crippen LogP contribution in [0.1, 0.15) is 20.9 Å². The molecule has 5 nitrogen and oxygen atoms in total. The zero-order valence-electron chi connectivity index (χ0n) is 16.2. The maximum atomic E-state index is 12.8. The molecule has 0 unspecified atom stereocenters. The van der Waals surface area contributed by atoms with Crippen molar-refractivity contribution in [2.75, 3.05) is 12.4 Å². The van der Waals surface area contributed by atoms with E-state index in [1.54, 1.807) is 7.11 Å². The molecule has 6 heteroatoms. The van der Waals surface area contributed by atoms with Crippen molar-refractivity contribution < 1.29 is 9.53 Å². The third-order valence-corrected chi connectivity index (χ3v) is 5.74. The van der Waals surface area contributed by atoms with Crippen LogP contribution in [0.15, 0.2) is 66.7 Å². The van der Waals surface area contributed by atoms with Crippen LogP contribution in [-0.2, 0) is 6.54 Å². The summed E-state index contributed by atoms with van der Waals surface area (Å²) < 4.78 is 5.36. The molecule has 1 amide bonds. The Kier molecular flexibility index (Phi) is 5.44. The van der Waals surface area contributed by atoms with Crippen LogP contribution in [0.4, 0.5) is 10.8 Å². The number of aryl methyl sites for hydroxylation is 1. The predicted molar refractivity (Wildman–Crippen MR) is 118 cm³/mol. The van der Waals surface area contributed by atoms with Crippen molar-refractivity contribution in [3.05, 3.63) is 82.9 Å². The van der Waals surface area contributed by atoms with E-state index in [1.807, 2.05) is 55.5 Å². The number of para-hydroxylation sites is 2. The summed E-state index contributed by atoms with van der Waals surface area (Å²) in [6, 6.07) is 21.9. The number of anilines is 2. The Morgan fingerprint density at radius 2 is 1.79 bits per heavy atom. The molecule has 0 aliphatic carbocycles. The minimum absolute atomic E-state index is 0.124. The number of hydrogen-bond donors (Lipinski definition) is 2. The van der Waals surface area contributed by atoms with Gasteiger partial charge < -0.3 is 15.4 Å². The van der Waals surface area contributed by atoms with Crippen LogP contribution < -0.4 is 15.4 Å². The number of fused-ring (bicyclic) bond motifs is 1. The van der Waals surface area contributed by atoms with E-state index in [2.05, 4.69) is 33.8 Å². The fourth-order valence-electron chi connectivity index (χ4n) is 3.23. The molecule has 0 bridgehead atoms. The van der Waals surface area contributed by atoms with Gasteiger partial charge in [0, 0.05) is 6.54 Å². The topological polar surface area (TPSA) is 63.2 Å². The smallest absolute Gasteiger partial charge is 0.263 e. The first-order valence-corrected chi connectivity index (χ1v) is 10.1. The number of ether oxygens (including phenoxy) is 1. The Labute approximate surface area is 173 Å². The number of nitrogens with one attached hydrogen (secondary N) is 2. The van der Waals surface area contributed by atoms with E-state index < -0.39 is 0 Å². The van der Waals surface area contributed by atoms with Crippen LogP contribution in [0, 0.1) is 6.92 Å². The lowest BCUT2D eigenvalue weighted by Gasteiger charge is -2.08. The van der Waals surface area contributed by atoms with Crippen LogP contribution in [0.5, 0.6) is 5.75 Å². The lowest BCUT2D eigenvalue weighted by molar-refractivity contribution is 0.0954. The molecule has 0 spiro atoms.